The van der Waals surface area contributed by atoms with E-state index in [9.17, 15) is 27.5 Å². The number of carbonyl (C=O) groups is 1. The van der Waals surface area contributed by atoms with Crippen LogP contribution < -0.4 is 9.64 Å². The smallest absolute Gasteiger partial charge is 0.416 e. The zero-order valence-electron chi connectivity index (χ0n) is 22.3. The summed E-state index contributed by atoms with van der Waals surface area (Å²) in [5.74, 6) is -1.000. The SMILES string of the molecule is Cc1cc(CN(Cc2ccccc2F)c2sc(-c3ccc(C(F)(F)F)cc3)nc2C)ccc1OC(C)(C)C(=O)O. The molecule has 0 saturated heterocycles. The van der Waals surface area contributed by atoms with Crippen molar-refractivity contribution in [2.75, 3.05) is 4.90 Å². The van der Waals surface area contributed by atoms with E-state index in [4.69, 9.17) is 4.74 Å². The predicted molar refractivity (Wildman–Crippen MR) is 147 cm³/mol. The molecule has 0 fully saturated rings. The van der Waals surface area contributed by atoms with Gasteiger partial charge in [0.1, 0.15) is 21.6 Å². The molecular weight excluding hydrogens is 544 g/mol. The summed E-state index contributed by atoms with van der Waals surface area (Å²) in [5.41, 5.74) is 1.17. The van der Waals surface area contributed by atoms with Gasteiger partial charge in [-0.15, -0.1) is 0 Å². The fourth-order valence-corrected chi connectivity index (χ4v) is 5.17. The summed E-state index contributed by atoms with van der Waals surface area (Å²) in [4.78, 5) is 18.1. The van der Waals surface area contributed by atoms with E-state index < -0.39 is 23.3 Å². The van der Waals surface area contributed by atoms with Crippen molar-refractivity contribution in [1.29, 1.82) is 0 Å². The zero-order chi connectivity index (χ0) is 29.2. The first-order chi connectivity index (χ1) is 18.7. The van der Waals surface area contributed by atoms with Gasteiger partial charge in [0.2, 0.25) is 0 Å². The molecule has 0 bridgehead atoms. The number of hydrogen-bond acceptors (Lipinski definition) is 5. The van der Waals surface area contributed by atoms with E-state index in [0.29, 0.717) is 34.1 Å². The largest absolute Gasteiger partial charge is 0.478 e. The lowest BCUT2D eigenvalue weighted by Gasteiger charge is -2.26. The molecule has 0 spiro atoms. The first kappa shape index (κ1) is 29.1. The highest BCUT2D eigenvalue weighted by Crippen LogP contribution is 2.38. The number of ether oxygens (including phenoxy) is 1. The number of nitrogens with zero attached hydrogens (tertiary/aromatic N) is 2. The summed E-state index contributed by atoms with van der Waals surface area (Å²) in [5, 5.41) is 10.7. The molecule has 10 heteroatoms. The highest BCUT2D eigenvalue weighted by atomic mass is 32.1. The van der Waals surface area contributed by atoms with Gasteiger partial charge in [-0.3, -0.25) is 0 Å². The lowest BCUT2D eigenvalue weighted by molar-refractivity contribution is -0.152. The molecule has 1 heterocycles. The van der Waals surface area contributed by atoms with Crippen LogP contribution in [-0.4, -0.2) is 21.7 Å². The summed E-state index contributed by atoms with van der Waals surface area (Å²) in [6.45, 7) is 7.17. The number of carboxylic acid groups (broad SMARTS) is 1. The third-order valence-corrected chi connectivity index (χ3v) is 7.60. The van der Waals surface area contributed by atoms with Gasteiger partial charge in [0.15, 0.2) is 5.60 Å². The zero-order valence-corrected chi connectivity index (χ0v) is 23.2. The number of aromatic nitrogens is 1. The first-order valence-corrected chi connectivity index (χ1v) is 13.2. The lowest BCUT2D eigenvalue weighted by atomic mass is 10.1. The van der Waals surface area contributed by atoms with E-state index in [1.54, 1.807) is 24.3 Å². The monoisotopic (exact) mass is 572 g/mol. The highest BCUT2D eigenvalue weighted by molar-refractivity contribution is 7.19. The minimum Gasteiger partial charge on any atom is -0.478 e. The molecule has 4 aromatic rings. The van der Waals surface area contributed by atoms with Crippen molar-refractivity contribution in [2.45, 2.75) is 52.6 Å². The van der Waals surface area contributed by atoms with Crippen LogP contribution in [0.25, 0.3) is 10.6 Å². The summed E-state index contributed by atoms with van der Waals surface area (Å²) in [6, 6.07) is 16.7. The maximum atomic E-state index is 14.7. The van der Waals surface area contributed by atoms with Crippen molar-refractivity contribution >= 4 is 22.3 Å². The van der Waals surface area contributed by atoms with E-state index >= 15 is 0 Å². The van der Waals surface area contributed by atoms with E-state index in [-0.39, 0.29) is 12.4 Å². The highest BCUT2D eigenvalue weighted by Gasteiger charge is 2.31. The maximum absolute atomic E-state index is 14.7. The maximum Gasteiger partial charge on any atom is 0.416 e. The Morgan fingerprint density at radius 1 is 1.00 bits per heavy atom. The third-order valence-electron chi connectivity index (χ3n) is 6.33. The number of thiazole rings is 1. The molecule has 0 amide bonds. The molecule has 1 N–H and O–H groups in total. The Morgan fingerprint density at radius 2 is 1.68 bits per heavy atom. The van der Waals surface area contributed by atoms with Gasteiger partial charge in [0.25, 0.3) is 0 Å². The fraction of sp³-hybridized carbons (Fsp3) is 0.267. The molecule has 1 aromatic heterocycles. The van der Waals surface area contributed by atoms with Crippen molar-refractivity contribution in [3.8, 4) is 16.3 Å². The van der Waals surface area contributed by atoms with Crippen LogP contribution in [0.4, 0.5) is 22.6 Å². The Labute approximate surface area is 233 Å². The van der Waals surface area contributed by atoms with Crippen LogP contribution in [-0.2, 0) is 24.1 Å². The summed E-state index contributed by atoms with van der Waals surface area (Å²) in [6.07, 6.45) is -4.43. The molecule has 5 nitrogen and oxygen atoms in total. The molecule has 3 aromatic carbocycles. The van der Waals surface area contributed by atoms with E-state index in [1.807, 2.05) is 30.9 Å². The second-order valence-corrected chi connectivity index (χ2v) is 10.9. The van der Waals surface area contributed by atoms with Gasteiger partial charge in [0, 0.05) is 24.2 Å². The topological polar surface area (TPSA) is 62.7 Å². The van der Waals surface area contributed by atoms with Gasteiger partial charge >= 0.3 is 12.1 Å². The average Bonchev–Trinajstić information content (AvgIpc) is 3.27. The third kappa shape index (κ3) is 6.62. The Bertz CT molecular complexity index is 1510. The number of alkyl halides is 3. The molecule has 4 rings (SSSR count). The predicted octanol–water partition coefficient (Wildman–Crippen LogP) is 8.03. The number of aryl methyl sites for hydroxylation is 2. The number of rotatable bonds is 9. The van der Waals surface area contributed by atoms with Crippen molar-refractivity contribution in [3.05, 3.63) is 100 Å². The number of carboxylic acids is 1. The molecule has 0 aliphatic carbocycles. The molecule has 0 atom stereocenters. The average molecular weight is 573 g/mol. The van der Waals surface area contributed by atoms with E-state index in [0.717, 1.165) is 28.3 Å². The molecule has 0 unspecified atom stereocenters. The van der Waals surface area contributed by atoms with Crippen LogP contribution in [0.15, 0.2) is 66.7 Å². The Morgan fingerprint density at radius 3 is 2.27 bits per heavy atom. The van der Waals surface area contributed by atoms with Gasteiger partial charge in [0.05, 0.1) is 11.3 Å². The van der Waals surface area contributed by atoms with Crippen LogP contribution in [0.3, 0.4) is 0 Å². The number of anilines is 1. The van der Waals surface area contributed by atoms with Crippen LogP contribution in [0.5, 0.6) is 5.75 Å². The standard InChI is InChI=1S/C30H28F4N2O3S/c1-18-15-20(9-14-25(18)39-29(3,4)28(37)38)16-36(17-22-7-5-6-8-24(22)31)27-19(2)35-26(40-27)21-10-12-23(13-11-21)30(32,33)34/h5-15H,16-17H2,1-4H3,(H,37,38). The van der Waals surface area contributed by atoms with Crippen molar-refractivity contribution in [1.82, 2.24) is 4.98 Å². The van der Waals surface area contributed by atoms with Crippen LogP contribution in [0, 0.1) is 19.7 Å². The number of benzene rings is 3. The minimum atomic E-state index is -4.43. The summed E-state index contributed by atoms with van der Waals surface area (Å²) >= 11 is 1.32. The number of halogens is 4. The van der Waals surface area contributed by atoms with Crippen LogP contribution in [0.1, 0.15) is 41.8 Å². The van der Waals surface area contributed by atoms with Gasteiger partial charge in [-0.2, -0.15) is 13.2 Å². The van der Waals surface area contributed by atoms with Crippen molar-refractivity contribution < 1.29 is 32.2 Å². The quantitative estimate of drug-likeness (QED) is 0.206. The molecule has 210 valence electrons. The second kappa shape index (κ2) is 11.3. The van der Waals surface area contributed by atoms with Gasteiger partial charge in [-0.25, -0.2) is 14.2 Å². The second-order valence-electron chi connectivity index (χ2n) is 9.95. The van der Waals surface area contributed by atoms with Crippen molar-refractivity contribution in [3.63, 3.8) is 0 Å². The molecule has 40 heavy (non-hydrogen) atoms. The summed E-state index contributed by atoms with van der Waals surface area (Å²) in [7, 11) is 0. The first-order valence-electron chi connectivity index (χ1n) is 12.4. The Hall–Kier alpha value is -3.92. The lowest BCUT2D eigenvalue weighted by Crippen LogP contribution is -2.38. The molecule has 0 aliphatic heterocycles. The van der Waals surface area contributed by atoms with Gasteiger partial charge in [-0.05, 0) is 63.1 Å². The normalized spacial score (nSPS) is 11.9. The number of aliphatic carboxylic acids is 1. The molecule has 0 aliphatic rings. The minimum absolute atomic E-state index is 0.228. The van der Waals surface area contributed by atoms with Crippen LogP contribution in [0.2, 0.25) is 0 Å². The van der Waals surface area contributed by atoms with E-state index in [2.05, 4.69) is 4.98 Å². The summed E-state index contributed by atoms with van der Waals surface area (Å²) < 4.78 is 59.4. The van der Waals surface area contributed by atoms with Gasteiger partial charge in [-0.1, -0.05) is 53.8 Å². The molecular formula is C30H28F4N2O3S. The molecule has 0 saturated carbocycles. The van der Waals surface area contributed by atoms with E-state index in [1.165, 1.54) is 43.4 Å². The number of hydrogen-bond donors (Lipinski definition) is 1. The Kier molecular flexibility index (Phi) is 8.20. The fourth-order valence-electron chi connectivity index (χ4n) is 4.10. The van der Waals surface area contributed by atoms with Crippen molar-refractivity contribution in [2.24, 2.45) is 0 Å². The van der Waals surface area contributed by atoms with Crippen LogP contribution >= 0.6 is 11.3 Å². The Balaban J connectivity index is 1.67. The molecule has 0 radical (unpaired) electrons. The van der Waals surface area contributed by atoms with Gasteiger partial charge < -0.3 is 14.7 Å².